The van der Waals surface area contributed by atoms with Crippen LogP contribution in [0, 0.1) is 0 Å². The lowest BCUT2D eigenvalue weighted by Crippen LogP contribution is -2.24. The lowest BCUT2D eigenvalue weighted by Gasteiger charge is -2.33. The summed E-state index contributed by atoms with van der Waals surface area (Å²) >= 11 is 1.90. The Morgan fingerprint density at radius 1 is 0.817 bits per heavy atom. The van der Waals surface area contributed by atoms with Crippen molar-refractivity contribution in [2.24, 2.45) is 0 Å². The van der Waals surface area contributed by atoms with Crippen molar-refractivity contribution < 1.29 is 0 Å². The van der Waals surface area contributed by atoms with Gasteiger partial charge in [0.25, 0.3) is 0 Å². The molecule has 0 amide bonds. The fraction of sp³-hybridized carbons (Fsp3) is 0.164. The summed E-state index contributed by atoms with van der Waals surface area (Å²) < 4.78 is 0. The summed E-state index contributed by atoms with van der Waals surface area (Å²) in [5.41, 5.74) is 12.8. The molecule has 4 aromatic rings. The maximum absolute atomic E-state index is 4.12. The van der Waals surface area contributed by atoms with Crippen molar-refractivity contribution in [3.8, 4) is 0 Å². The first-order valence-corrected chi connectivity index (χ1v) is 21.6. The molecule has 60 heavy (non-hydrogen) atoms. The zero-order valence-corrected chi connectivity index (χ0v) is 36.6. The van der Waals surface area contributed by atoms with Crippen LogP contribution in [0.2, 0.25) is 0 Å². The number of anilines is 5. The Balaban J connectivity index is 0.000000252. The molecule has 3 aliphatic rings. The molecule has 0 saturated heterocycles. The molecule has 4 aromatic carbocycles. The van der Waals surface area contributed by atoms with Crippen molar-refractivity contribution in [2.75, 3.05) is 21.7 Å². The first kappa shape index (κ1) is 44.7. The Bertz CT molecular complexity index is 2290. The smallest absolute Gasteiger partial charge is 0.0777 e. The number of benzene rings is 4. The van der Waals surface area contributed by atoms with Crippen LogP contribution in [0.5, 0.6) is 0 Å². The van der Waals surface area contributed by atoms with Gasteiger partial charge in [0.05, 0.1) is 27.3 Å². The van der Waals surface area contributed by atoms with Gasteiger partial charge in [-0.1, -0.05) is 146 Å². The SMILES string of the molecule is C/C=C\C/C=C(\C)NC1=C(c2ccccc2)C=CCC=C1.C=C.C=C/C=C(\C=C)N(c1ccccc1)c1ccc(N(C2=CCCC=C2)c2ccccc2)c2c1SC(C)N2C. The molecule has 1 N–H and O–H groups in total. The maximum atomic E-state index is 4.12. The third-order valence-electron chi connectivity index (χ3n) is 10.1. The van der Waals surface area contributed by atoms with Crippen molar-refractivity contribution in [1.29, 1.82) is 0 Å². The van der Waals surface area contributed by atoms with Crippen LogP contribution in [0.1, 0.15) is 52.0 Å². The average Bonchev–Trinajstić information content (AvgIpc) is 3.43. The molecule has 306 valence electrons. The van der Waals surface area contributed by atoms with Gasteiger partial charge in [-0.05, 0) is 113 Å². The molecule has 0 bridgehead atoms. The van der Waals surface area contributed by atoms with Crippen molar-refractivity contribution in [3.63, 3.8) is 0 Å². The van der Waals surface area contributed by atoms with Crippen LogP contribution >= 0.6 is 11.8 Å². The van der Waals surface area contributed by atoms with Gasteiger partial charge in [0.1, 0.15) is 0 Å². The Morgan fingerprint density at radius 2 is 1.47 bits per heavy atom. The largest absolute Gasteiger partial charge is 0.360 e. The molecule has 1 atom stereocenters. The average molecular weight is 809 g/mol. The van der Waals surface area contributed by atoms with Crippen LogP contribution in [-0.4, -0.2) is 12.4 Å². The van der Waals surface area contributed by atoms with E-state index in [1.807, 2.05) is 43.0 Å². The van der Waals surface area contributed by atoms with Gasteiger partial charge in [-0.2, -0.15) is 0 Å². The van der Waals surface area contributed by atoms with Gasteiger partial charge in [0.15, 0.2) is 0 Å². The van der Waals surface area contributed by atoms with Gasteiger partial charge in [-0.3, -0.25) is 0 Å². The zero-order chi connectivity index (χ0) is 42.7. The minimum absolute atomic E-state index is 0.302. The minimum atomic E-state index is 0.302. The summed E-state index contributed by atoms with van der Waals surface area (Å²) in [7, 11) is 2.20. The van der Waals surface area contributed by atoms with E-state index in [1.165, 1.54) is 38.8 Å². The molecule has 0 fully saturated rings. The normalized spacial score (nSPS) is 15.8. The molecule has 2 aliphatic carbocycles. The van der Waals surface area contributed by atoms with E-state index in [0.29, 0.717) is 5.37 Å². The highest BCUT2D eigenvalue weighted by Gasteiger charge is 2.34. The van der Waals surface area contributed by atoms with Crippen LogP contribution < -0.4 is 20.0 Å². The van der Waals surface area contributed by atoms with Crippen molar-refractivity contribution >= 4 is 45.8 Å². The summed E-state index contributed by atoms with van der Waals surface area (Å²) in [6.45, 7) is 20.5. The lowest BCUT2D eigenvalue weighted by atomic mass is 10.0. The second-order valence-electron chi connectivity index (χ2n) is 14.1. The molecule has 7 rings (SSSR count). The second kappa shape index (κ2) is 23.2. The van der Waals surface area contributed by atoms with Crippen LogP contribution in [0.3, 0.4) is 0 Å². The van der Waals surface area contributed by atoms with E-state index in [-0.39, 0.29) is 0 Å². The lowest BCUT2D eigenvalue weighted by molar-refractivity contribution is 0.918. The number of para-hydroxylation sites is 2. The molecule has 0 saturated carbocycles. The maximum Gasteiger partial charge on any atom is 0.0777 e. The molecule has 1 aliphatic heterocycles. The summed E-state index contributed by atoms with van der Waals surface area (Å²) in [6, 6.07) is 36.2. The van der Waals surface area contributed by atoms with Gasteiger partial charge in [-0.15, -0.1) is 13.2 Å². The summed E-state index contributed by atoms with van der Waals surface area (Å²) in [5, 5.41) is 3.84. The monoisotopic (exact) mass is 808 g/mol. The molecule has 0 radical (unpaired) electrons. The first-order valence-electron chi connectivity index (χ1n) is 20.7. The zero-order valence-electron chi connectivity index (χ0n) is 35.8. The number of hydrogen-bond donors (Lipinski definition) is 1. The van der Waals surface area contributed by atoms with Crippen LogP contribution in [0.25, 0.3) is 5.57 Å². The fourth-order valence-electron chi connectivity index (χ4n) is 7.18. The number of rotatable bonds is 13. The van der Waals surface area contributed by atoms with E-state index in [1.54, 1.807) is 0 Å². The second-order valence-corrected chi connectivity index (χ2v) is 15.5. The Hall–Kier alpha value is -6.43. The number of hydrogen-bond acceptors (Lipinski definition) is 5. The molecule has 1 heterocycles. The van der Waals surface area contributed by atoms with Gasteiger partial charge >= 0.3 is 0 Å². The number of thioether (sulfide) groups is 1. The van der Waals surface area contributed by atoms with Crippen molar-refractivity contribution in [3.05, 3.63) is 237 Å². The minimum Gasteiger partial charge on any atom is -0.360 e. The van der Waals surface area contributed by atoms with E-state index in [4.69, 9.17) is 0 Å². The highest BCUT2D eigenvalue weighted by Crippen LogP contribution is 2.55. The first-order chi connectivity index (χ1) is 29.4. The highest BCUT2D eigenvalue weighted by molar-refractivity contribution is 8.00. The van der Waals surface area contributed by atoms with Gasteiger partial charge in [-0.25, -0.2) is 0 Å². The highest BCUT2D eigenvalue weighted by atomic mass is 32.2. The molecule has 0 spiro atoms. The summed E-state index contributed by atoms with van der Waals surface area (Å²) in [5.74, 6) is 0. The number of allylic oxidation sites excluding steroid dienone is 15. The van der Waals surface area contributed by atoms with Crippen molar-refractivity contribution in [2.45, 2.75) is 56.7 Å². The predicted molar refractivity (Wildman–Crippen MR) is 266 cm³/mol. The predicted octanol–water partition coefficient (Wildman–Crippen LogP) is 15.5. The topological polar surface area (TPSA) is 21.8 Å². The van der Waals surface area contributed by atoms with Crippen LogP contribution in [-0.2, 0) is 0 Å². The van der Waals surface area contributed by atoms with E-state index >= 15 is 0 Å². The van der Waals surface area contributed by atoms with E-state index < -0.39 is 0 Å². The molecule has 1 unspecified atom stereocenters. The van der Waals surface area contributed by atoms with E-state index in [0.717, 1.165) is 54.1 Å². The summed E-state index contributed by atoms with van der Waals surface area (Å²) in [6.07, 6.45) is 31.9. The standard InChI is InChI=1S/C33H33N3S.C20H23N.C2H4/c1-5-16-26(6-2)35(27-17-10-7-11-18-27)31-24-23-30(32-33(31)37-25(3)34(32)4)36(28-19-12-8-13-20-28)29-21-14-9-15-22-29;1-3-4-7-12-17(2)21-20-16-11-6-10-15-19(20)18-13-8-5-9-14-18;1-2/h5-8,10-14,16-25H,1-2,9,15H2,3-4H3;3-5,8-16,21H,6-7H2,1-2H3;1-2H2/b26-16+;4-3-,17-12+;. The van der Waals surface area contributed by atoms with Crippen LogP contribution in [0.15, 0.2) is 236 Å². The molecular formula is C55H60N4S. The fourth-order valence-corrected chi connectivity index (χ4v) is 8.42. The quantitative estimate of drug-likeness (QED) is 0.107. The number of nitrogens with zero attached hydrogens (tertiary/aromatic N) is 3. The molecule has 5 heteroatoms. The summed E-state index contributed by atoms with van der Waals surface area (Å²) in [4.78, 5) is 8.34. The molecule has 4 nitrogen and oxygen atoms in total. The van der Waals surface area contributed by atoms with Crippen molar-refractivity contribution in [1.82, 2.24) is 5.32 Å². The van der Waals surface area contributed by atoms with Crippen LogP contribution in [0.4, 0.5) is 28.4 Å². The Labute approximate surface area is 364 Å². The molecule has 0 aromatic heterocycles. The third kappa shape index (κ3) is 11.2. The number of nitrogens with one attached hydrogen (secondary N) is 1. The number of fused-ring (bicyclic) bond motifs is 1. The van der Waals surface area contributed by atoms with Gasteiger partial charge in [0.2, 0.25) is 0 Å². The van der Waals surface area contributed by atoms with E-state index in [9.17, 15) is 0 Å². The Morgan fingerprint density at radius 3 is 2.10 bits per heavy atom. The molecular weight excluding hydrogens is 749 g/mol. The van der Waals surface area contributed by atoms with E-state index in [2.05, 4.69) is 225 Å². The van der Waals surface area contributed by atoms with Gasteiger partial charge < -0.3 is 20.0 Å². The Kier molecular flexibility index (Phi) is 17.3. The third-order valence-corrected chi connectivity index (χ3v) is 11.4. The van der Waals surface area contributed by atoms with Gasteiger partial charge in [0, 0.05) is 46.8 Å².